The zero-order valence-electron chi connectivity index (χ0n) is 8.71. The van der Waals surface area contributed by atoms with Crippen LogP contribution in [-0.2, 0) is 0 Å². The second kappa shape index (κ2) is 4.10. The topological polar surface area (TPSA) is 20.2 Å². The van der Waals surface area contributed by atoms with Crippen LogP contribution in [-0.4, -0.2) is 11.7 Å². The Morgan fingerprint density at radius 3 is 2.92 bits per heavy atom. The lowest BCUT2D eigenvalue weighted by Gasteiger charge is -2.38. The fourth-order valence-electron chi connectivity index (χ4n) is 2.28. The summed E-state index contributed by atoms with van der Waals surface area (Å²) < 4.78 is 0. The first kappa shape index (κ1) is 10.5. The van der Waals surface area contributed by atoms with E-state index in [0.29, 0.717) is 5.92 Å². The molecule has 0 aliphatic heterocycles. The first-order chi connectivity index (χ1) is 6.14. The van der Waals surface area contributed by atoms with E-state index in [-0.39, 0.29) is 12.0 Å². The van der Waals surface area contributed by atoms with Gasteiger partial charge in [0.25, 0.3) is 0 Å². The zero-order chi connectivity index (χ0) is 9.90. The predicted octanol–water partition coefficient (Wildman–Crippen LogP) is 2.92. The number of rotatable bonds is 3. The van der Waals surface area contributed by atoms with Crippen molar-refractivity contribution < 1.29 is 5.11 Å². The molecule has 0 radical (unpaired) electrons. The third kappa shape index (κ3) is 2.02. The maximum absolute atomic E-state index is 9.03. The van der Waals surface area contributed by atoms with Gasteiger partial charge in [0.2, 0.25) is 0 Å². The number of allylic oxidation sites excluding steroid dienone is 3. The smallest absolute Gasteiger partial charge is 0.0439 e. The summed E-state index contributed by atoms with van der Waals surface area (Å²) >= 11 is 0. The Kier molecular flexibility index (Phi) is 3.32. The van der Waals surface area contributed by atoms with Gasteiger partial charge >= 0.3 is 0 Å². The molecule has 74 valence electrons. The van der Waals surface area contributed by atoms with Crippen LogP contribution < -0.4 is 0 Å². The van der Waals surface area contributed by atoms with Crippen LogP contribution in [0.2, 0.25) is 0 Å². The molecule has 0 aromatic heterocycles. The van der Waals surface area contributed by atoms with Crippen LogP contribution in [0.15, 0.2) is 24.3 Å². The summed E-state index contributed by atoms with van der Waals surface area (Å²) in [7, 11) is 0. The lowest BCUT2D eigenvalue weighted by atomic mass is 9.67. The van der Waals surface area contributed by atoms with Crippen LogP contribution in [0.5, 0.6) is 0 Å². The Morgan fingerprint density at radius 2 is 2.46 bits per heavy atom. The van der Waals surface area contributed by atoms with Gasteiger partial charge in [-0.2, -0.15) is 0 Å². The van der Waals surface area contributed by atoms with E-state index in [1.165, 1.54) is 5.57 Å². The van der Waals surface area contributed by atoms with Crippen LogP contribution in [0.3, 0.4) is 0 Å². The van der Waals surface area contributed by atoms with Crippen molar-refractivity contribution in [3.8, 4) is 0 Å². The molecule has 1 N–H and O–H groups in total. The maximum Gasteiger partial charge on any atom is 0.0439 e. The molecule has 0 amide bonds. The second-order valence-electron chi connectivity index (χ2n) is 4.21. The highest BCUT2D eigenvalue weighted by atomic mass is 16.3. The van der Waals surface area contributed by atoms with Gasteiger partial charge in [-0.05, 0) is 37.5 Å². The van der Waals surface area contributed by atoms with Crippen molar-refractivity contribution in [2.75, 3.05) is 6.61 Å². The minimum Gasteiger partial charge on any atom is -0.396 e. The molecule has 1 nitrogen and oxygen atoms in total. The van der Waals surface area contributed by atoms with Crippen LogP contribution in [0.25, 0.3) is 0 Å². The van der Waals surface area contributed by atoms with Crippen molar-refractivity contribution in [1.29, 1.82) is 0 Å². The van der Waals surface area contributed by atoms with Gasteiger partial charge in [-0.1, -0.05) is 24.6 Å². The van der Waals surface area contributed by atoms with E-state index in [9.17, 15) is 0 Å². The SMILES string of the molecule is C=CC1(CCO)CCC(C)=CC1C. The van der Waals surface area contributed by atoms with Crippen LogP contribution in [0.4, 0.5) is 0 Å². The minimum atomic E-state index is 0.147. The van der Waals surface area contributed by atoms with E-state index < -0.39 is 0 Å². The standard InChI is InChI=1S/C12H20O/c1-4-12(7-8-13)6-5-10(2)9-11(12)3/h4,9,11,13H,1,5-8H2,2-3H3. The third-order valence-corrected chi connectivity index (χ3v) is 3.41. The Bertz CT molecular complexity index is 217. The summed E-state index contributed by atoms with van der Waals surface area (Å²) in [5.74, 6) is 0.519. The Morgan fingerprint density at radius 1 is 1.77 bits per heavy atom. The van der Waals surface area contributed by atoms with Crippen molar-refractivity contribution in [3.63, 3.8) is 0 Å². The fraction of sp³-hybridized carbons (Fsp3) is 0.667. The normalized spacial score (nSPS) is 34.1. The van der Waals surface area contributed by atoms with Gasteiger partial charge in [-0.3, -0.25) is 0 Å². The third-order valence-electron chi connectivity index (χ3n) is 3.41. The van der Waals surface area contributed by atoms with Gasteiger partial charge in [0.05, 0.1) is 0 Å². The molecule has 0 spiro atoms. The van der Waals surface area contributed by atoms with Crippen molar-refractivity contribution in [2.24, 2.45) is 11.3 Å². The van der Waals surface area contributed by atoms with Crippen molar-refractivity contribution >= 4 is 0 Å². The molecule has 0 fully saturated rings. The molecule has 0 heterocycles. The molecule has 1 rings (SSSR count). The molecule has 13 heavy (non-hydrogen) atoms. The molecule has 0 aromatic rings. The summed E-state index contributed by atoms with van der Waals surface area (Å²) in [5, 5.41) is 9.03. The molecule has 1 heteroatoms. The van der Waals surface area contributed by atoms with Crippen molar-refractivity contribution in [1.82, 2.24) is 0 Å². The number of hydrogen-bond donors (Lipinski definition) is 1. The van der Waals surface area contributed by atoms with E-state index in [1.54, 1.807) is 0 Å². The fourth-order valence-corrected chi connectivity index (χ4v) is 2.28. The summed E-state index contributed by atoms with van der Waals surface area (Å²) in [5.41, 5.74) is 1.62. The Labute approximate surface area is 81.2 Å². The quantitative estimate of drug-likeness (QED) is 0.662. The van der Waals surface area contributed by atoms with Crippen LogP contribution in [0, 0.1) is 11.3 Å². The predicted molar refractivity (Wildman–Crippen MR) is 56.5 cm³/mol. The molecule has 2 atom stereocenters. The molecule has 2 unspecified atom stereocenters. The van der Waals surface area contributed by atoms with Crippen LogP contribution in [0.1, 0.15) is 33.1 Å². The molecular formula is C12H20O. The Balaban J connectivity index is 2.82. The summed E-state index contributed by atoms with van der Waals surface area (Å²) in [6.45, 7) is 8.58. The summed E-state index contributed by atoms with van der Waals surface area (Å²) in [6.07, 6.45) is 7.50. The first-order valence-corrected chi connectivity index (χ1v) is 5.06. The van der Waals surface area contributed by atoms with E-state index >= 15 is 0 Å². The Hall–Kier alpha value is -0.560. The minimum absolute atomic E-state index is 0.147. The first-order valence-electron chi connectivity index (χ1n) is 5.06. The number of aliphatic hydroxyl groups excluding tert-OH is 1. The number of aliphatic hydroxyl groups is 1. The monoisotopic (exact) mass is 180 g/mol. The highest BCUT2D eigenvalue weighted by molar-refractivity contribution is 5.15. The molecule has 0 saturated carbocycles. The molecule has 0 aromatic carbocycles. The highest BCUT2D eigenvalue weighted by Crippen LogP contribution is 2.43. The summed E-state index contributed by atoms with van der Waals surface area (Å²) in [6, 6.07) is 0. The van der Waals surface area contributed by atoms with E-state index in [1.807, 2.05) is 6.08 Å². The van der Waals surface area contributed by atoms with E-state index in [4.69, 9.17) is 5.11 Å². The average Bonchev–Trinajstić information content (AvgIpc) is 2.11. The summed E-state index contributed by atoms with van der Waals surface area (Å²) in [4.78, 5) is 0. The van der Waals surface area contributed by atoms with E-state index in [0.717, 1.165) is 19.3 Å². The lowest BCUT2D eigenvalue weighted by molar-refractivity contribution is 0.169. The average molecular weight is 180 g/mol. The van der Waals surface area contributed by atoms with Gasteiger partial charge in [-0.15, -0.1) is 6.58 Å². The van der Waals surface area contributed by atoms with Crippen molar-refractivity contribution in [2.45, 2.75) is 33.1 Å². The molecule has 1 aliphatic rings. The maximum atomic E-state index is 9.03. The lowest BCUT2D eigenvalue weighted by Crippen LogP contribution is -2.29. The van der Waals surface area contributed by atoms with Gasteiger partial charge in [0, 0.05) is 6.61 Å². The zero-order valence-corrected chi connectivity index (χ0v) is 8.71. The largest absolute Gasteiger partial charge is 0.396 e. The molecule has 1 aliphatic carbocycles. The van der Waals surface area contributed by atoms with Crippen molar-refractivity contribution in [3.05, 3.63) is 24.3 Å². The van der Waals surface area contributed by atoms with Gasteiger partial charge in [0.1, 0.15) is 0 Å². The molecule has 0 saturated heterocycles. The number of hydrogen-bond acceptors (Lipinski definition) is 1. The molecule has 0 bridgehead atoms. The highest BCUT2D eigenvalue weighted by Gasteiger charge is 2.33. The van der Waals surface area contributed by atoms with Gasteiger partial charge in [-0.25, -0.2) is 0 Å². The van der Waals surface area contributed by atoms with Crippen LogP contribution >= 0.6 is 0 Å². The van der Waals surface area contributed by atoms with E-state index in [2.05, 4.69) is 26.5 Å². The second-order valence-corrected chi connectivity index (χ2v) is 4.21. The van der Waals surface area contributed by atoms with Gasteiger partial charge in [0.15, 0.2) is 0 Å². The van der Waals surface area contributed by atoms with Gasteiger partial charge < -0.3 is 5.11 Å². The molecular weight excluding hydrogens is 160 g/mol.